The molecule has 1 saturated heterocycles. The predicted octanol–water partition coefficient (Wildman–Crippen LogP) is 2.14. The Labute approximate surface area is 163 Å². The number of halogens is 2. The van der Waals surface area contributed by atoms with Crippen molar-refractivity contribution in [3.05, 3.63) is 27.7 Å². The van der Waals surface area contributed by atoms with Gasteiger partial charge >= 0.3 is 0 Å². The molecule has 0 spiro atoms. The number of nitrogens with zero attached hydrogens (tertiary/aromatic N) is 2. The van der Waals surface area contributed by atoms with Gasteiger partial charge in [-0.05, 0) is 31.4 Å². The second-order valence-electron chi connectivity index (χ2n) is 7.00. The number of piperazine rings is 1. The lowest BCUT2D eigenvalue weighted by atomic mass is 10.2. The summed E-state index contributed by atoms with van der Waals surface area (Å²) in [6, 6.07) is 3.94. The molecule has 142 valence electrons. The zero-order valence-corrected chi connectivity index (χ0v) is 16.4. The summed E-state index contributed by atoms with van der Waals surface area (Å²) in [4.78, 5) is 28.4. The number of amides is 2. The minimum atomic E-state index is -0.140. The molecule has 26 heavy (non-hydrogen) atoms. The number of hydrogen-bond acceptors (Lipinski definition) is 4. The van der Waals surface area contributed by atoms with Crippen molar-refractivity contribution < 1.29 is 9.59 Å². The number of benzene rings is 1. The lowest BCUT2D eigenvalue weighted by Gasteiger charge is -2.33. The van der Waals surface area contributed by atoms with Gasteiger partial charge in [0, 0.05) is 32.2 Å². The molecule has 0 atom stereocenters. The standard InChI is InChI=1S/C18H24Cl2N4O2/c1-12-2-5-14(19)18(17(12)20)22-16(26)11-24-8-6-23(7-9-24)10-15(25)21-13-3-4-13/h2,5,13H,3-4,6-11H2,1H3,(H,21,25)(H,22,26). The highest BCUT2D eigenvalue weighted by Crippen LogP contribution is 2.32. The van der Waals surface area contributed by atoms with E-state index in [4.69, 9.17) is 23.2 Å². The Balaban J connectivity index is 1.43. The molecule has 2 fully saturated rings. The summed E-state index contributed by atoms with van der Waals surface area (Å²) >= 11 is 12.4. The summed E-state index contributed by atoms with van der Waals surface area (Å²) in [5.41, 5.74) is 1.33. The topological polar surface area (TPSA) is 64.7 Å². The molecular formula is C18H24Cl2N4O2. The van der Waals surface area contributed by atoms with Gasteiger partial charge in [-0.25, -0.2) is 0 Å². The lowest BCUT2D eigenvalue weighted by molar-refractivity contribution is -0.123. The maximum absolute atomic E-state index is 12.3. The number of carbonyl (C=O) groups is 2. The normalized spacial score (nSPS) is 18.6. The first-order valence-electron chi connectivity index (χ1n) is 8.91. The van der Waals surface area contributed by atoms with Gasteiger partial charge in [0.05, 0.1) is 28.8 Å². The minimum absolute atomic E-state index is 0.0995. The fourth-order valence-electron chi connectivity index (χ4n) is 2.96. The zero-order chi connectivity index (χ0) is 18.7. The molecule has 3 rings (SSSR count). The van der Waals surface area contributed by atoms with Crippen LogP contribution in [0.3, 0.4) is 0 Å². The first-order valence-corrected chi connectivity index (χ1v) is 9.66. The molecule has 1 aliphatic carbocycles. The van der Waals surface area contributed by atoms with Gasteiger partial charge in [-0.2, -0.15) is 0 Å². The maximum atomic E-state index is 12.3. The Morgan fingerprint density at radius 2 is 1.62 bits per heavy atom. The van der Waals surface area contributed by atoms with Crippen molar-refractivity contribution in [2.24, 2.45) is 0 Å². The van der Waals surface area contributed by atoms with Gasteiger partial charge in [-0.3, -0.25) is 19.4 Å². The molecule has 0 bridgehead atoms. The lowest BCUT2D eigenvalue weighted by Crippen LogP contribution is -2.51. The Morgan fingerprint density at radius 3 is 2.19 bits per heavy atom. The van der Waals surface area contributed by atoms with Crippen LogP contribution in [0.15, 0.2) is 12.1 Å². The van der Waals surface area contributed by atoms with E-state index in [2.05, 4.69) is 20.4 Å². The molecule has 2 amide bonds. The van der Waals surface area contributed by atoms with Gasteiger partial charge in [-0.1, -0.05) is 29.3 Å². The number of anilines is 1. The van der Waals surface area contributed by atoms with Gasteiger partial charge in [0.2, 0.25) is 11.8 Å². The SMILES string of the molecule is Cc1ccc(Cl)c(NC(=O)CN2CCN(CC(=O)NC3CC3)CC2)c1Cl. The maximum Gasteiger partial charge on any atom is 0.238 e. The van der Waals surface area contributed by atoms with E-state index in [-0.39, 0.29) is 18.4 Å². The van der Waals surface area contributed by atoms with Crippen molar-refractivity contribution in [3.63, 3.8) is 0 Å². The van der Waals surface area contributed by atoms with E-state index in [1.165, 1.54) is 0 Å². The van der Waals surface area contributed by atoms with Crippen molar-refractivity contribution in [1.29, 1.82) is 0 Å². The quantitative estimate of drug-likeness (QED) is 0.770. The highest BCUT2D eigenvalue weighted by molar-refractivity contribution is 6.40. The summed E-state index contributed by atoms with van der Waals surface area (Å²) < 4.78 is 0. The molecule has 1 saturated carbocycles. The Bertz CT molecular complexity index is 686. The average molecular weight is 399 g/mol. The van der Waals surface area contributed by atoms with E-state index in [9.17, 15) is 9.59 Å². The van der Waals surface area contributed by atoms with Crippen LogP contribution < -0.4 is 10.6 Å². The summed E-state index contributed by atoms with van der Waals surface area (Å²) in [6.07, 6.45) is 2.20. The Morgan fingerprint density at radius 1 is 1.04 bits per heavy atom. The number of nitrogens with one attached hydrogen (secondary N) is 2. The predicted molar refractivity (Wildman–Crippen MR) is 104 cm³/mol. The van der Waals surface area contributed by atoms with Crippen LogP contribution in [-0.4, -0.2) is 66.9 Å². The van der Waals surface area contributed by atoms with Gasteiger partial charge in [0.25, 0.3) is 0 Å². The number of hydrogen-bond donors (Lipinski definition) is 2. The van der Waals surface area contributed by atoms with E-state index < -0.39 is 0 Å². The molecule has 0 unspecified atom stereocenters. The summed E-state index contributed by atoms with van der Waals surface area (Å²) in [7, 11) is 0. The first-order chi connectivity index (χ1) is 12.4. The third-order valence-corrected chi connectivity index (χ3v) is 5.49. The van der Waals surface area contributed by atoms with Crippen molar-refractivity contribution in [1.82, 2.24) is 15.1 Å². The van der Waals surface area contributed by atoms with Gasteiger partial charge in [0.15, 0.2) is 0 Å². The zero-order valence-electron chi connectivity index (χ0n) is 14.9. The van der Waals surface area contributed by atoms with E-state index in [0.29, 0.717) is 28.3 Å². The smallest absolute Gasteiger partial charge is 0.238 e. The second-order valence-corrected chi connectivity index (χ2v) is 7.78. The van der Waals surface area contributed by atoms with Crippen LogP contribution in [0, 0.1) is 6.92 Å². The van der Waals surface area contributed by atoms with Crippen molar-refractivity contribution in [2.45, 2.75) is 25.8 Å². The molecule has 1 aliphatic heterocycles. The molecule has 1 heterocycles. The third kappa shape index (κ3) is 5.33. The van der Waals surface area contributed by atoms with Crippen molar-refractivity contribution in [2.75, 3.05) is 44.6 Å². The molecule has 8 heteroatoms. The Hall–Kier alpha value is -1.34. The molecule has 2 aliphatic rings. The fourth-order valence-corrected chi connectivity index (χ4v) is 3.43. The first kappa shape index (κ1) is 19.4. The van der Waals surface area contributed by atoms with E-state index in [0.717, 1.165) is 44.6 Å². The molecule has 2 N–H and O–H groups in total. The van der Waals surface area contributed by atoms with Crippen LogP contribution >= 0.6 is 23.2 Å². The van der Waals surface area contributed by atoms with E-state index >= 15 is 0 Å². The van der Waals surface area contributed by atoms with E-state index in [1.807, 2.05) is 13.0 Å². The number of carbonyl (C=O) groups excluding carboxylic acids is 2. The number of rotatable bonds is 6. The fraction of sp³-hybridized carbons (Fsp3) is 0.556. The molecule has 0 radical (unpaired) electrons. The molecule has 6 nitrogen and oxygen atoms in total. The van der Waals surface area contributed by atoms with Gasteiger partial charge < -0.3 is 10.6 Å². The van der Waals surface area contributed by atoms with Crippen LogP contribution in [0.25, 0.3) is 0 Å². The summed E-state index contributed by atoms with van der Waals surface area (Å²) in [5.74, 6) is -0.0400. The summed E-state index contributed by atoms with van der Waals surface area (Å²) in [5, 5.41) is 6.72. The molecular weight excluding hydrogens is 375 g/mol. The van der Waals surface area contributed by atoms with Crippen LogP contribution in [-0.2, 0) is 9.59 Å². The average Bonchev–Trinajstić information content (AvgIpc) is 3.41. The number of aryl methyl sites for hydroxylation is 1. The van der Waals surface area contributed by atoms with Crippen LogP contribution in [0.4, 0.5) is 5.69 Å². The Kier molecular flexibility index (Phi) is 6.40. The highest BCUT2D eigenvalue weighted by Gasteiger charge is 2.25. The van der Waals surface area contributed by atoms with Crippen LogP contribution in [0.5, 0.6) is 0 Å². The van der Waals surface area contributed by atoms with Crippen LogP contribution in [0.2, 0.25) is 10.0 Å². The molecule has 0 aromatic heterocycles. The van der Waals surface area contributed by atoms with E-state index in [1.54, 1.807) is 6.07 Å². The van der Waals surface area contributed by atoms with Crippen molar-refractivity contribution >= 4 is 40.7 Å². The van der Waals surface area contributed by atoms with Gasteiger partial charge in [-0.15, -0.1) is 0 Å². The van der Waals surface area contributed by atoms with Crippen LogP contribution in [0.1, 0.15) is 18.4 Å². The van der Waals surface area contributed by atoms with Gasteiger partial charge in [0.1, 0.15) is 0 Å². The third-order valence-electron chi connectivity index (χ3n) is 4.69. The van der Waals surface area contributed by atoms with Crippen molar-refractivity contribution in [3.8, 4) is 0 Å². The minimum Gasteiger partial charge on any atom is -0.352 e. The largest absolute Gasteiger partial charge is 0.352 e. The summed E-state index contributed by atoms with van der Waals surface area (Å²) in [6.45, 7) is 5.63. The monoisotopic (exact) mass is 398 g/mol. The second kappa shape index (κ2) is 8.57. The molecule has 1 aromatic carbocycles. The molecule has 1 aromatic rings. The highest BCUT2D eigenvalue weighted by atomic mass is 35.5.